The molecule has 1 aliphatic rings. The topological polar surface area (TPSA) is 116 Å². The van der Waals surface area contributed by atoms with Gasteiger partial charge in [-0.15, -0.1) is 0 Å². The smallest absolute Gasteiger partial charge is 0.325 e. The molecule has 0 spiro atoms. The summed E-state index contributed by atoms with van der Waals surface area (Å²) in [6, 6.07) is 1.59. The van der Waals surface area contributed by atoms with Crippen molar-refractivity contribution in [2.45, 2.75) is 32.2 Å². The van der Waals surface area contributed by atoms with Crippen LogP contribution in [0.3, 0.4) is 0 Å². The molecule has 2 rings (SSSR count). The first-order valence-electron chi connectivity index (χ1n) is 9.56. The van der Waals surface area contributed by atoms with Crippen LogP contribution in [0.1, 0.15) is 36.5 Å². The number of amides is 3. The lowest BCUT2D eigenvalue weighted by Gasteiger charge is -2.33. The predicted molar refractivity (Wildman–Crippen MR) is 114 cm³/mol. The van der Waals surface area contributed by atoms with Crippen molar-refractivity contribution < 1.29 is 29.0 Å². The minimum absolute atomic E-state index is 0.0251. The molecule has 1 aliphatic heterocycles. The molecule has 168 valence electrons. The molecule has 2 N–H and O–H groups in total. The minimum atomic E-state index is -1.28. The van der Waals surface area contributed by atoms with Crippen molar-refractivity contribution in [1.82, 2.24) is 15.3 Å². The van der Waals surface area contributed by atoms with Gasteiger partial charge in [-0.25, -0.2) is 5.01 Å². The lowest BCUT2D eigenvalue weighted by molar-refractivity contribution is -0.167. The van der Waals surface area contributed by atoms with Crippen molar-refractivity contribution in [2.75, 3.05) is 19.7 Å². The Bertz CT molecular complexity index is 869. The number of rotatable bonds is 9. The summed E-state index contributed by atoms with van der Waals surface area (Å²) < 4.78 is 5.36. The van der Waals surface area contributed by atoms with E-state index in [0.717, 1.165) is 10.0 Å². The Balaban J connectivity index is 2.25. The number of benzene rings is 1. The van der Waals surface area contributed by atoms with Crippen molar-refractivity contribution in [1.29, 1.82) is 0 Å². The van der Waals surface area contributed by atoms with Crippen LogP contribution in [0, 0.1) is 0 Å². The van der Waals surface area contributed by atoms with Gasteiger partial charge >= 0.3 is 5.97 Å². The van der Waals surface area contributed by atoms with Crippen molar-refractivity contribution in [2.24, 2.45) is 0 Å². The summed E-state index contributed by atoms with van der Waals surface area (Å²) in [4.78, 5) is 49.4. The Morgan fingerprint density at radius 1 is 1.29 bits per heavy atom. The molecular weight excluding hydrogens is 449 g/mol. The molecule has 0 radical (unpaired) electrons. The van der Waals surface area contributed by atoms with E-state index in [1.165, 1.54) is 18.2 Å². The monoisotopic (exact) mass is 471 g/mol. The fourth-order valence-corrected chi connectivity index (χ4v) is 3.65. The second kappa shape index (κ2) is 11.0. The van der Waals surface area contributed by atoms with Crippen LogP contribution in [-0.4, -0.2) is 64.6 Å². The van der Waals surface area contributed by atoms with Crippen LogP contribution in [0.25, 0.3) is 0 Å². The maximum atomic E-state index is 13.0. The molecule has 1 fully saturated rings. The van der Waals surface area contributed by atoms with Crippen LogP contribution in [0.15, 0.2) is 24.8 Å². The highest BCUT2D eigenvalue weighted by Gasteiger charge is 2.37. The predicted octanol–water partition coefficient (Wildman–Crippen LogP) is 2.52. The Morgan fingerprint density at radius 2 is 1.94 bits per heavy atom. The molecule has 31 heavy (non-hydrogen) atoms. The summed E-state index contributed by atoms with van der Waals surface area (Å²) >= 11 is 12.3. The third kappa shape index (κ3) is 6.11. The highest BCUT2D eigenvalue weighted by atomic mass is 35.5. The van der Waals surface area contributed by atoms with Gasteiger partial charge in [0.05, 0.1) is 10.0 Å². The zero-order chi connectivity index (χ0) is 23.1. The van der Waals surface area contributed by atoms with E-state index in [0.29, 0.717) is 6.42 Å². The SMILES string of the molecule is C=CCOc1c(Cl)cc(C(=O)NC2CCC(=O)N(CCC)N(CC(=O)O)C2=O)cc1Cl. The molecule has 0 aliphatic carbocycles. The minimum Gasteiger partial charge on any atom is -0.486 e. The van der Waals surface area contributed by atoms with Gasteiger partial charge in [0.1, 0.15) is 19.2 Å². The van der Waals surface area contributed by atoms with Gasteiger partial charge in [0.15, 0.2) is 5.75 Å². The van der Waals surface area contributed by atoms with Gasteiger partial charge in [-0.3, -0.25) is 24.2 Å². The van der Waals surface area contributed by atoms with Crippen molar-refractivity contribution in [3.8, 4) is 5.75 Å². The molecule has 3 amide bonds. The van der Waals surface area contributed by atoms with Crippen molar-refractivity contribution in [3.05, 3.63) is 40.4 Å². The fourth-order valence-electron chi connectivity index (χ4n) is 3.05. The summed E-state index contributed by atoms with van der Waals surface area (Å²) in [7, 11) is 0. The van der Waals surface area contributed by atoms with Crippen molar-refractivity contribution >= 4 is 46.9 Å². The highest BCUT2D eigenvalue weighted by Crippen LogP contribution is 2.34. The Labute approximate surface area is 189 Å². The first kappa shape index (κ1) is 24.5. The van der Waals surface area contributed by atoms with E-state index in [1.807, 2.05) is 0 Å². The molecule has 9 nitrogen and oxygen atoms in total. The van der Waals surface area contributed by atoms with E-state index in [4.69, 9.17) is 27.9 Å². The van der Waals surface area contributed by atoms with E-state index < -0.39 is 30.4 Å². The third-order valence-electron chi connectivity index (χ3n) is 4.41. The summed E-state index contributed by atoms with van der Waals surface area (Å²) in [5, 5.41) is 13.9. The molecule has 1 unspecified atom stereocenters. The molecule has 0 saturated carbocycles. The van der Waals surface area contributed by atoms with Gasteiger partial charge in [0.25, 0.3) is 11.8 Å². The van der Waals surface area contributed by atoms with Gasteiger partial charge in [0, 0.05) is 18.5 Å². The average Bonchev–Trinajstić information content (AvgIpc) is 2.80. The van der Waals surface area contributed by atoms with Gasteiger partial charge in [-0.1, -0.05) is 42.8 Å². The molecule has 1 saturated heterocycles. The van der Waals surface area contributed by atoms with Crippen LogP contribution < -0.4 is 10.1 Å². The second-order valence-corrected chi connectivity index (χ2v) is 7.55. The first-order chi connectivity index (χ1) is 14.7. The largest absolute Gasteiger partial charge is 0.486 e. The van der Waals surface area contributed by atoms with Crippen LogP contribution in [0.4, 0.5) is 0 Å². The van der Waals surface area contributed by atoms with Crippen molar-refractivity contribution in [3.63, 3.8) is 0 Å². The van der Waals surface area contributed by atoms with Crippen LogP contribution in [0.5, 0.6) is 5.75 Å². The highest BCUT2D eigenvalue weighted by molar-refractivity contribution is 6.37. The Kier molecular flexibility index (Phi) is 8.70. The Morgan fingerprint density at radius 3 is 2.48 bits per heavy atom. The van der Waals surface area contributed by atoms with Crippen LogP contribution >= 0.6 is 23.2 Å². The lowest BCUT2D eigenvalue weighted by Crippen LogP contribution is -2.55. The van der Waals surface area contributed by atoms with E-state index in [-0.39, 0.29) is 53.3 Å². The van der Waals surface area contributed by atoms with E-state index in [9.17, 15) is 24.3 Å². The number of carbonyl (C=O) groups is 4. The van der Waals surface area contributed by atoms with E-state index in [2.05, 4.69) is 11.9 Å². The first-order valence-corrected chi connectivity index (χ1v) is 10.3. The second-order valence-electron chi connectivity index (χ2n) is 6.74. The molecule has 1 aromatic rings. The maximum absolute atomic E-state index is 13.0. The number of halogens is 2. The molecule has 0 bridgehead atoms. The molecule has 11 heteroatoms. The number of hydrazine groups is 1. The number of nitrogens with one attached hydrogen (secondary N) is 1. The number of ether oxygens (including phenoxy) is 1. The number of nitrogens with zero attached hydrogens (tertiary/aromatic N) is 2. The number of carbonyl (C=O) groups excluding carboxylic acids is 3. The third-order valence-corrected chi connectivity index (χ3v) is 4.97. The quantitative estimate of drug-likeness (QED) is 0.534. The normalized spacial score (nSPS) is 16.7. The molecule has 1 heterocycles. The van der Waals surface area contributed by atoms with Gasteiger partial charge in [-0.2, -0.15) is 0 Å². The standard InChI is InChI=1S/C20H23Cl2N3O6/c1-3-7-24-16(26)6-5-15(20(30)25(24)11-17(27)28)23-19(29)12-9-13(21)18(14(22)10-12)31-8-4-2/h4,9-10,15H,2-3,5-8,11H2,1H3,(H,23,29)(H,27,28). The molecule has 0 aromatic heterocycles. The maximum Gasteiger partial charge on any atom is 0.325 e. The zero-order valence-electron chi connectivity index (χ0n) is 16.9. The molecule has 1 atom stereocenters. The van der Waals surface area contributed by atoms with Crippen LogP contribution in [0.2, 0.25) is 10.0 Å². The number of hydrogen-bond donors (Lipinski definition) is 2. The number of hydrogen-bond acceptors (Lipinski definition) is 5. The van der Waals surface area contributed by atoms with Gasteiger partial charge < -0.3 is 15.2 Å². The summed E-state index contributed by atoms with van der Waals surface area (Å²) in [6.45, 7) is 5.00. The fraction of sp³-hybridized carbons (Fsp3) is 0.400. The van der Waals surface area contributed by atoms with Crippen LogP contribution in [-0.2, 0) is 14.4 Å². The summed E-state index contributed by atoms with van der Waals surface area (Å²) in [6.07, 6.45) is 2.05. The number of aliphatic carboxylic acids is 1. The lowest BCUT2D eigenvalue weighted by atomic mass is 10.1. The van der Waals surface area contributed by atoms with E-state index >= 15 is 0 Å². The number of carboxylic acids is 1. The molecular formula is C20H23Cl2N3O6. The zero-order valence-corrected chi connectivity index (χ0v) is 18.4. The Hall–Kier alpha value is -2.78. The van der Waals surface area contributed by atoms with Gasteiger partial charge in [-0.05, 0) is 25.0 Å². The summed E-state index contributed by atoms with van der Waals surface area (Å²) in [5.41, 5.74) is 0.0829. The molecule has 1 aromatic carbocycles. The number of carboxylic acid groups (broad SMARTS) is 1. The van der Waals surface area contributed by atoms with E-state index in [1.54, 1.807) is 6.92 Å². The van der Waals surface area contributed by atoms with Gasteiger partial charge in [0.2, 0.25) is 5.91 Å². The average molecular weight is 472 g/mol. The summed E-state index contributed by atoms with van der Waals surface area (Å²) in [5.74, 6) is -2.80.